The summed E-state index contributed by atoms with van der Waals surface area (Å²) in [6.07, 6.45) is 8.46. The number of allylic oxidation sites excluding steroid dienone is 3. The first kappa shape index (κ1) is 11.3. The lowest BCUT2D eigenvalue weighted by atomic mass is 10.4. The molecule has 0 N–H and O–H groups in total. The molecular formula is C9H18. The summed E-state index contributed by atoms with van der Waals surface area (Å²) in [5, 5.41) is 0. The van der Waals surface area contributed by atoms with Gasteiger partial charge in [0.25, 0.3) is 0 Å². The molecule has 0 aromatic rings. The summed E-state index contributed by atoms with van der Waals surface area (Å²) in [5.74, 6) is 0. The average Bonchev–Trinajstić information content (AvgIpc) is 1.86. The summed E-state index contributed by atoms with van der Waals surface area (Å²) in [7, 11) is 0. The molecule has 0 rings (SSSR count). The van der Waals surface area contributed by atoms with E-state index < -0.39 is 0 Å². The molecule has 0 heterocycles. The minimum Gasteiger partial charge on any atom is -0.103 e. The Balaban J connectivity index is 0. The molecule has 0 heteroatoms. The van der Waals surface area contributed by atoms with Crippen molar-refractivity contribution in [2.75, 3.05) is 0 Å². The van der Waals surface area contributed by atoms with Gasteiger partial charge >= 0.3 is 0 Å². The van der Waals surface area contributed by atoms with Gasteiger partial charge in [0.1, 0.15) is 0 Å². The molecule has 0 unspecified atom stereocenters. The molecule has 9 heavy (non-hydrogen) atoms. The Labute approximate surface area is 59.3 Å². The first-order valence-electron chi connectivity index (χ1n) is 3.55. The van der Waals surface area contributed by atoms with E-state index in [0.29, 0.717) is 0 Å². The van der Waals surface area contributed by atoms with Crippen molar-refractivity contribution in [1.82, 2.24) is 0 Å². The Kier molecular flexibility index (Phi) is 19.6. The molecular weight excluding hydrogens is 108 g/mol. The van der Waals surface area contributed by atoms with Gasteiger partial charge in [-0.05, 0) is 19.8 Å². The van der Waals surface area contributed by atoms with Gasteiger partial charge in [-0.2, -0.15) is 0 Å². The van der Waals surface area contributed by atoms with Gasteiger partial charge in [-0.1, -0.05) is 32.1 Å². The summed E-state index contributed by atoms with van der Waals surface area (Å²) >= 11 is 0. The summed E-state index contributed by atoms with van der Waals surface area (Å²) in [6.45, 7) is 9.54. The maximum absolute atomic E-state index is 3.36. The fourth-order valence-corrected chi connectivity index (χ4v) is 0.333. The lowest BCUT2D eigenvalue weighted by Gasteiger charge is -1.72. The molecule has 0 atom stereocenters. The Morgan fingerprint density at radius 2 is 1.33 bits per heavy atom. The zero-order valence-electron chi connectivity index (χ0n) is 6.85. The smallest absolute Gasteiger partial charge is 0.0379 e. The topological polar surface area (TPSA) is 0 Å². The molecule has 0 radical (unpaired) electrons. The van der Waals surface area contributed by atoms with E-state index >= 15 is 0 Å². The van der Waals surface area contributed by atoms with Crippen molar-refractivity contribution in [2.45, 2.75) is 33.6 Å². The first-order chi connectivity index (χ1) is 4.33. The Hall–Kier alpha value is -0.520. The van der Waals surface area contributed by atoms with E-state index in [0.717, 1.165) is 0 Å². The van der Waals surface area contributed by atoms with Crippen molar-refractivity contribution in [3.63, 3.8) is 0 Å². The predicted molar refractivity (Wildman–Crippen MR) is 45.6 cm³/mol. The largest absolute Gasteiger partial charge is 0.103 e. The fraction of sp³-hybridized carbons (Fsp3) is 0.556. The normalized spacial score (nSPS) is 8.33. The van der Waals surface area contributed by atoms with Gasteiger partial charge in [0.2, 0.25) is 0 Å². The van der Waals surface area contributed by atoms with Gasteiger partial charge in [-0.25, -0.2) is 0 Å². The van der Waals surface area contributed by atoms with Crippen LogP contribution >= 0.6 is 0 Å². The summed E-state index contributed by atoms with van der Waals surface area (Å²) in [4.78, 5) is 0. The molecule has 0 bridgehead atoms. The third-order valence-electron chi connectivity index (χ3n) is 0.638. The van der Waals surface area contributed by atoms with Crippen LogP contribution in [0.3, 0.4) is 0 Å². The second kappa shape index (κ2) is 15.6. The van der Waals surface area contributed by atoms with E-state index in [1.54, 1.807) is 6.08 Å². The van der Waals surface area contributed by atoms with Gasteiger partial charge in [0.15, 0.2) is 0 Å². The molecule has 0 aromatic carbocycles. The highest BCUT2D eigenvalue weighted by molar-refractivity contribution is 4.77. The van der Waals surface area contributed by atoms with Crippen LogP contribution in [0.2, 0.25) is 0 Å². The van der Waals surface area contributed by atoms with E-state index in [1.807, 2.05) is 6.92 Å². The summed E-state index contributed by atoms with van der Waals surface area (Å²) < 4.78 is 0. The summed E-state index contributed by atoms with van der Waals surface area (Å²) in [6, 6.07) is 0. The van der Waals surface area contributed by atoms with Crippen LogP contribution in [0, 0.1) is 0 Å². The molecule has 0 aliphatic rings. The van der Waals surface area contributed by atoms with Crippen molar-refractivity contribution < 1.29 is 0 Å². The van der Waals surface area contributed by atoms with Crippen LogP contribution in [0.4, 0.5) is 0 Å². The highest BCUT2D eigenvalue weighted by atomic mass is 13.7. The monoisotopic (exact) mass is 126 g/mol. The number of rotatable bonds is 2. The Morgan fingerprint density at radius 3 is 1.44 bits per heavy atom. The lowest BCUT2D eigenvalue weighted by molar-refractivity contribution is 1.16. The van der Waals surface area contributed by atoms with Crippen LogP contribution < -0.4 is 0 Å². The fourth-order valence-electron chi connectivity index (χ4n) is 0.333. The van der Waals surface area contributed by atoms with E-state index in [2.05, 4.69) is 32.6 Å². The zero-order chi connectivity index (χ0) is 7.54. The molecule has 0 aromatic heterocycles. The van der Waals surface area contributed by atoms with Crippen molar-refractivity contribution in [1.29, 1.82) is 0 Å². The third-order valence-corrected chi connectivity index (χ3v) is 0.638. The minimum atomic E-state index is 1.17. The van der Waals surface area contributed by atoms with Crippen LogP contribution in [0.1, 0.15) is 33.6 Å². The molecule has 0 aliphatic carbocycles. The molecule has 0 amide bonds. The standard InChI is InChI=1S/C6H12.C3H6/c1-3-5-6-4-2;1-3-2/h5-6H,3-4H2,1-2H3;3H,1H2,2H3. The van der Waals surface area contributed by atoms with Crippen molar-refractivity contribution >= 4 is 0 Å². The summed E-state index contributed by atoms with van der Waals surface area (Å²) in [5.41, 5.74) is 0. The van der Waals surface area contributed by atoms with E-state index in [9.17, 15) is 0 Å². The Bertz CT molecular complexity index is 54.4. The van der Waals surface area contributed by atoms with Crippen LogP contribution in [0.15, 0.2) is 24.8 Å². The number of hydrogen-bond acceptors (Lipinski definition) is 0. The SMILES string of the molecule is C=CC.CCC=CCC. The van der Waals surface area contributed by atoms with E-state index in [1.165, 1.54) is 12.8 Å². The number of hydrogen-bond donors (Lipinski definition) is 0. The average molecular weight is 126 g/mol. The van der Waals surface area contributed by atoms with Crippen LogP contribution in [0.5, 0.6) is 0 Å². The van der Waals surface area contributed by atoms with Crippen LogP contribution in [0.25, 0.3) is 0 Å². The quantitative estimate of drug-likeness (QED) is 0.496. The van der Waals surface area contributed by atoms with Crippen molar-refractivity contribution in [3.05, 3.63) is 24.8 Å². The molecule has 0 saturated heterocycles. The van der Waals surface area contributed by atoms with E-state index in [4.69, 9.17) is 0 Å². The van der Waals surface area contributed by atoms with Gasteiger partial charge < -0.3 is 0 Å². The van der Waals surface area contributed by atoms with Gasteiger partial charge in [0, 0.05) is 0 Å². The lowest BCUT2D eigenvalue weighted by Crippen LogP contribution is -1.51. The first-order valence-corrected chi connectivity index (χ1v) is 3.55. The van der Waals surface area contributed by atoms with E-state index in [-0.39, 0.29) is 0 Å². The minimum absolute atomic E-state index is 1.17. The van der Waals surface area contributed by atoms with Gasteiger partial charge in [0.05, 0.1) is 0 Å². The second-order valence-electron chi connectivity index (χ2n) is 1.70. The predicted octanol–water partition coefficient (Wildman–Crippen LogP) is 3.55. The molecule has 0 spiro atoms. The second-order valence-corrected chi connectivity index (χ2v) is 1.70. The maximum Gasteiger partial charge on any atom is -0.0379 e. The highest BCUT2D eigenvalue weighted by Gasteiger charge is 1.60. The molecule has 54 valence electrons. The van der Waals surface area contributed by atoms with Crippen LogP contribution in [-0.2, 0) is 0 Å². The molecule has 0 saturated carbocycles. The zero-order valence-corrected chi connectivity index (χ0v) is 6.85. The van der Waals surface area contributed by atoms with Crippen molar-refractivity contribution in [3.8, 4) is 0 Å². The van der Waals surface area contributed by atoms with Crippen molar-refractivity contribution in [2.24, 2.45) is 0 Å². The van der Waals surface area contributed by atoms with Gasteiger partial charge in [-0.15, -0.1) is 6.58 Å². The van der Waals surface area contributed by atoms with Crippen LogP contribution in [-0.4, -0.2) is 0 Å². The third kappa shape index (κ3) is 36.5. The Morgan fingerprint density at radius 1 is 1.11 bits per heavy atom. The molecule has 0 nitrogen and oxygen atoms in total. The maximum atomic E-state index is 3.36. The van der Waals surface area contributed by atoms with Gasteiger partial charge in [-0.3, -0.25) is 0 Å². The molecule has 0 aliphatic heterocycles. The highest BCUT2D eigenvalue weighted by Crippen LogP contribution is 1.81. The molecule has 0 fully saturated rings.